The van der Waals surface area contributed by atoms with Gasteiger partial charge in [-0.1, -0.05) is 5.16 Å². The van der Waals surface area contributed by atoms with E-state index in [-0.39, 0.29) is 11.7 Å². The number of hydrogen-bond acceptors (Lipinski definition) is 3. The van der Waals surface area contributed by atoms with Crippen molar-refractivity contribution in [3.8, 4) is 11.5 Å². The fourth-order valence-electron chi connectivity index (χ4n) is 1.72. The Kier molecular flexibility index (Phi) is 4.24. The number of aryl methyl sites for hydroxylation is 1. The van der Waals surface area contributed by atoms with Crippen LogP contribution in [0.2, 0.25) is 0 Å². The summed E-state index contributed by atoms with van der Waals surface area (Å²) < 4.78 is 19.4. The second-order valence-electron chi connectivity index (χ2n) is 4.14. The van der Waals surface area contributed by atoms with Crippen LogP contribution in [0, 0.1) is 12.7 Å². The fraction of sp³-hybridized carbons (Fsp3) is 0.0714. The maximum atomic E-state index is 13.2. The van der Waals surface area contributed by atoms with Crippen LogP contribution in [-0.2, 0) is 0 Å². The van der Waals surface area contributed by atoms with Gasteiger partial charge in [0.2, 0.25) is 0 Å². The molecule has 0 saturated carbocycles. The molecular formula is C14H12BrFN2O2. The van der Waals surface area contributed by atoms with E-state index < -0.39 is 0 Å². The van der Waals surface area contributed by atoms with E-state index in [4.69, 9.17) is 15.7 Å². The molecule has 2 aromatic carbocycles. The number of rotatable bonds is 3. The van der Waals surface area contributed by atoms with Crippen molar-refractivity contribution < 1.29 is 14.3 Å². The molecule has 0 amide bonds. The number of benzene rings is 2. The predicted octanol–water partition coefficient (Wildman–Crippen LogP) is 3.78. The second-order valence-corrected chi connectivity index (χ2v) is 4.99. The predicted molar refractivity (Wildman–Crippen MR) is 77.9 cm³/mol. The van der Waals surface area contributed by atoms with Crippen LogP contribution >= 0.6 is 15.9 Å². The summed E-state index contributed by atoms with van der Waals surface area (Å²) in [6, 6.07) is 9.26. The van der Waals surface area contributed by atoms with E-state index >= 15 is 0 Å². The standard InChI is InChI=1S/C14H12BrFN2O2/c1-8-6-10(3-4-11(8)14(17)18-19)20-13-7-9(16)2-5-12(13)15/h2-7,19H,1H3,(H2,17,18). The summed E-state index contributed by atoms with van der Waals surface area (Å²) in [7, 11) is 0. The van der Waals surface area contributed by atoms with Gasteiger partial charge in [-0.05, 0) is 58.7 Å². The van der Waals surface area contributed by atoms with Gasteiger partial charge >= 0.3 is 0 Å². The molecule has 0 radical (unpaired) electrons. The van der Waals surface area contributed by atoms with Crippen molar-refractivity contribution in [2.24, 2.45) is 10.9 Å². The highest BCUT2D eigenvalue weighted by atomic mass is 79.9. The van der Waals surface area contributed by atoms with Gasteiger partial charge in [0, 0.05) is 11.6 Å². The van der Waals surface area contributed by atoms with Crippen LogP contribution in [0.3, 0.4) is 0 Å². The molecule has 104 valence electrons. The molecule has 2 aromatic rings. The molecule has 2 rings (SSSR count). The van der Waals surface area contributed by atoms with Gasteiger partial charge in [0.1, 0.15) is 17.3 Å². The molecule has 4 nitrogen and oxygen atoms in total. The van der Waals surface area contributed by atoms with Crippen molar-refractivity contribution in [3.63, 3.8) is 0 Å². The van der Waals surface area contributed by atoms with Crippen LogP contribution in [0.15, 0.2) is 46.0 Å². The summed E-state index contributed by atoms with van der Waals surface area (Å²) in [4.78, 5) is 0. The first-order valence-corrected chi connectivity index (χ1v) is 6.52. The normalized spacial score (nSPS) is 11.4. The summed E-state index contributed by atoms with van der Waals surface area (Å²) in [5.41, 5.74) is 6.94. The number of nitrogens with two attached hydrogens (primary N) is 1. The van der Waals surface area contributed by atoms with Crippen LogP contribution in [0.5, 0.6) is 11.5 Å². The number of hydrogen-bond donors (Lipinski definition) is 2. The molecule has 0 saturated heterocycles. The lowest BCUT2D eigenvalue weighted by Gasteiger charge is -2.10. The van der Waals surface area contributed by atoms with Crippen molar-refractivity contribution in [3.05, 3.63) is 57.8 Å². The van der Waals surface area contributed by atoms with E-state index in [1.165, 1.54) is 12.1 Å². The first-order valence-electron chi connectivity index (χ1n) is 5.72. The van der Waals surface area contributed by atoms with Crippen molar-refractivity contribution in [2.75, 3.05) is 0 Å². The van der Waals surface area contributed by atoms with E-state index in [0.717, 1.165) is 5.56 Å². The van der Waals surface area contributed by atoms with Gasteiger partial charge in [-0.25, -0.2) is 4.39 Å². The Morgan fingerprint density at radius 3 is 2.70 bits per heavy atom. The lowest BCUT2D eigenvalue weighted by Crippen LogP contribution is -2.14. The fourth-order valence-corrected chi connectivity index (χ4v) is 2.05. The molecule has 0 fully saturated rings. The van der Waals surface area contributed by atoms with E-state index in [1.807, 2.05) is 0 Å². The van der Waals surface area contributed by atoms with Gasteiger partial charge in [0.25, 0.3) is 0 Å². The first-order chi connectivity index (χ1) is 9.51. The molecule has 0 aromatic heterocycles. The summed E-state index contributed by atoms with van der Waals surface area (Å²) in [6.45, 7) is 1.81. The quantitative estimate of drug-likeness (QED) is 0.387. The highest BCUT2D eigenvalue weighted by molar-refractivity contribution is 9.10. The Hall–Kier alpha value is -2.08. The van der Waals surface area contributed by atoms with Crippen molar-refractivity contribution >= 4 is 21.8 Å². The maximum Gasteiger partial charge on any atom is 0.170 e. The molecule has 0 bridgehead atoms. The average Bonchev–Trinajstić information content (AvgIpc) is 2.42. The van der Waals surface area contributed by atoms with Crippen molar-refractivity contribution in [1.29, 1.82) is 0 Å². The van der Waals surface area contributed by atoms with Gasteiger partial charge in [-0.2, -0.15) is 0 Å². The van der Waals surface area contributed by atoms with Gasteiger partial charge in [0.15, 0.2) is 5.84 Å². The first kappa shape index (κ1) is 14.3. The highest BCUT2D eigenvalue weighted by Crippen LogP contribution is 2.31. The smallest absolute Gasteiger partial charge is 0.170 e. The third-order valence-electron chi connectivity index (χ3n) is 2.70. The lowest BCUT2D eigenvalue weighted by atomic mass is 10.1. The van der Waals surface area contributed by atoms with E-state index in [1.54, 1.807) is 31.2 Å². The number of ether oxygens (including phenoxy) is 1. The van der Waals surface area contributed by atoms with Gasteiger partial charge in [-0.15, -0.1) is 0 Å². The van der Waals surface area contributed by atoms with Gasteiger partial charge < -0.3 is 15.7 Å². The highest BCUT2D eigenvalue weighted by Gasteiger charge is 2.08. The zero-order valence-electron chi connectivity index (χ0n) is 10.6. The average molecular weight is 339 g/mol. The second kappa shape index (κ2) is 5.92. The molecule has 0 aliphatic rings. The van der Waals surface area contributed by atoms with E-state index in [9.17, 15) is 4.39 Å². The number of halogens is 2. The number of nitrogens with zero attached hydrogens (tertiary/aromatic N) is 1. The SMILES string of the molecule is Cc1cc(Oc2cc(F)ccc2Br)ccc1/C(N)=N/O. The Bertz CT molecular complexity index is 674. The van der Waals surface area contributed by atoms with Crippen LogP contribution in [0.1, 0.15) is 11.1 Å². The molecule has 0 unspecified atom stereocenters. The zero-order valence-corrected chi connectivity index (χ0v) is 12.2. The van der Waals surface area contributed by atoms with Crippen LogP contribution in [0.4, 0.5) is 4.39 Å². The van der Waals surface area contributed by atoms with Gasteiger partial charge in [-0.3, -0.25) is 0 Å². The number of amidine groups is 1. The summed E-state index contributed by atoms with van der Waals surface area (Å²) in [5.74, 6) is 0.554. The Morgan fingerprint density at radius 1 is 1.30 bits per heavy atom. The Morgan fingerprint density at radius 2 is 2.05 bits per heavy atom. The maximum absolute atomic E-state index is 13.2. The van der Waals surface area contributed by atoms with Crippen LogP contribution in [0.25, 0.3) is 0 Å². The molecule has 0 spiro atoms. The largest absolute Gasteiger partial charge is 0.456 e. The van der Waals surface area contributed by atoms with E-state index in [2.05, 4.69) is 21.1 Å². The Labute approximate surface area is 123 Å². The minimum atomic E-state index is -0.381. The molecule has 0 atom stereocenters. The summed E-state index contributed by atoms with van der Waals surface area (Å²) in [6.07, 6.45) is 0. The van der Waals surface area contributed by atoms with Gasteiger partial charge in [0.05, 0.1) is 4.47 Å². The zero-order chi connectivity index (χ0) is 14.7. The molecule has 0 heterocycles. The topological polar surface area (TPSA) is 67.8 Å². The van der Waals surface area contributed by atoms with Crippen molar-refractivity contribution in [1.82, 2.24) is 0 Å². The molecule has 6 heteroatoms. The third-order valence-corrected chi connectivity index (χ3v) is 3.36. The van der Waals surface area contributed by atoms with Crippen molar-refractivity contribution in [2.45, 2.75) is 6.92 Å². The minimum Gasteiger partial charge on any atom is -0.456 e. The third kappa shape index (κ3) is 3.08. The molecular weight excluding hydrogens is 327 g/mol. The van der Waals surface area contributed by atoms with Crippen LogP contribution < -0.4 is 10.5 Å². The number of oxime groups is 1. The Balaban J connectivity index is 2.31. The molecule has 3 N–H and O–H groups in total. The molecule has 0 aliphatic carbocycles. The summed E-state index contributed by atoms with van der Waals surface area (Å²) in [5, 5.41) is 11.6. The summed E-state index contributed by atoms with van der Waals surface area (Å²) >= 11 is 3.29. The monoisotopic (exact) mass is 338 g/mol. The minimum absolute atomic E-state index is 0.0287. The molecule has 20 heavy (non-hydrogen) atoms. The van der Waals surface area contributed by atoms with Crippen LogP contribution in [-0.4, -0.2) is 11.0 Å². The lowest BCUT2D eigenvalue weighted by molar-refractivity contribution is 0.318. The molecule has 0 aliphatic heterocycles. The van der Waals surface area contributed by atoms with E-state index in [0.29, 0.717) is 21.5 Å².